The van der Waals surface area contributed by atoms with Gasteiger partial charge in [-0.3, -0.25) is 4.99 Å². The van der Waals surface area contributed by atoms with Crippen LogP contribution >= 0.6 is 0 Å². The van der Waals surface area contributed by atoms with E-state index in [2.05, 4.69) is 54.8 Å². The van der Waals surface area contributed by atoms with Crippen LogP contribution < -0.4 is 0 Å². The maximum Gasteiger partial charge on any atom is 0.110 e. The van der Waals surface area contributed by atoms with Gasteiger partial charge in [0.25, 0.3) is 0 Å². The third kappa shape index (κ3) is 2.74. The molecule has 0 bridgehead atoms. The van der Waals surface area contributed by atoms with Gasteiger partial charge >= 0.3 is 0 Å². The lowest BCUT2D eigenvalue weighted by molar-refractivity contribution is 0.541. The molecule has 2 aliphatic rings. The summed E-state index contributed by atoms with van der Waals surface area (Å²) in [4.78, 5) is 8.51. The Bertz CT molecular complexity index is 459. The van der Waals surface area contributed by atoms with Crippen molar-refractivity contribution >= 4 is 23.5 Å². The zero-order chi connectivity index (χ0) is 13.4. The van der Waals surface area contributed by atoms with Crippen molar-refractivity contribution in [2.45, 2.75) is 47.5 Å². The van der Waals surface area contributed by atoms with E-state index in [1.165, 1.54) is 11.4 Å². The molecule has 0 radical (unpaired) electrons. The van der Waals surface area contributed by atoms with Crippen LogP contribution in [0.2, 0.25) is 0 Å². The predicted octanol–water partition coefficient (Wildman–Crippen LogP) is 3.13. The molecular weight excluding hydrogens is 224 g/mol. The second-order valence-electron chi connectivity index (χ2n) is 6.73. The Morgan fingerprint density at radius 1 is 1.06 bits per heavy atom. The van der Waals surface area contributed by atoms with E-state index in [1.54, 1.807) is 6.34 Å². The standard InChI is InChI=1S/C14H22N4/c1-13(2,3)11-6-10(17-18-11)7-14(4,5)12-8-15-9-16-12/h9H,6-8H2,1-5H3. The molecule has 0 saturated carbocycles. The van der Waals surface area contributed by atoms with E-state index in [0.29, 0.717) is 0 Å². The fraction of sp³-hybridized carbons (Fsp3) is 0.714. The van der Waals surface area contributed by atoms with E-state index in [1.807, 2.05) is 0 Å². The van der Waals surface area contributed by atoms with Crippen molar-refractivity contribution in [2.24, 2.45) is 31.0 Å². The number of aliphatic imine (C=N–C) groups is 2. The first-order valence-corrected chi connectivity index (χ1v) is 6.47. The van der Waals surface area contributed by atoms with E-state index in [0.717, 1.165) is 25.1 Å². The highest BCUT2D eigenvalue weighted by Gasteiger charge is 2.31. The molecule has 0 aromatic carbocycles. The molecule has 0 amide bonds. The number of rotatable bonds is 3. The summed E-state index contributed by atoms with van der Waals surface area (Å²) in [5.74, 6) is 0. The Kier molecular flexibility index (Phi) is 3.21. The molecule has 0 aromatic rings. The van der Waals surface area contributed by atoms with Crippen LogP contribution in [-0.4, -0.2) is 30.0 Å². The van der Waals surface area contributed by atoms with Gasteiger partial charge in [0, 0.05) is 28.7 Å². The van der Waals surface area contributed by atoms with Crippen LogP contribution in [0.1, 0.15) is 47.5 Å². The molecule has 98 valence electrons. The van der Waals surface area contributed by atoms with Crippen molar-refractivity contribution in [3.8, 4) is 0 Å². The van der Waals surface area contributed by atoms with Crippen LogP contribution in [0.15, 0.2) is 20.2 Å². The molecule has 0 atom stereocenters. The summed E-state index contributed by atoms with van der Waals surface area (Å²) in [5.41, 5.74) is 3.63. The summed E-state index contributed by atoms with van der Waals surface area (Å²) in [6.45, 7) is 11.7. The van der Waals surface area contributed by atoms with Gasteiger partial charge in [0.15, 0.2) is 0 Å². The number of hydrogen-bond acceptors (Lipinski definition) is 4. The molecule has 0 aromatic heterocycles. The molecule has 0 N–H and O–H groups in total. The number of hydrogen-bond donors (Lipinski definition) is 0. The van der Waals surface area contributed by atoms with Gasteiger partial charge in [-0.15, -0.1) is 0 Å². The van der Waals surface area contributed by atoms with Gasteiger partial charge in [-0.25, -0.2) is 4.99 Å². The first-order chi connectivity index (χ1) is 8.29. The summed E-state index contributed by atoms with van der Waals surface area (Å²) in [5, 5.41) is 8.68. The van der Waals surface area contributed by atoms with Gasteiger partial charge < -0.3 is 0 Å². The molecule has 4 heteroatoms. The predicted molar refractivity (Wildman–Crippen MR) is 78.1 cm³/mol. The SMILES string of the molecule is CC(C)(C)C1=NN=C(CC(C)(C)C2=NC=NC2)C1. The second-order valence-corrected chi connectivity index (χ2v) is 6.73. The Balaban J connectivity index is 1.97. The average molecular weight is 246 g/mol. The zero-order valence-corrected chi connectivity index (χ0v) is 12.0. The molecule has 2 rings (SSSR count). The largest absolute Gasteiger partial charge is 0.267 e. The van der Waals surface area contributed by atoms with Crippen molar-refractivity contribution < 1.29 is 0 Å². The minimum atomic E-state index is 0.0260. The normalized spacial score (nSPS) is 19.9. The second kappa shape index (κ2) is 4.41. The van der Waals surface area contributed by atoms with Gasteiger partial charge in [0.2, 0.25) is 0 Å². The molecule has 0 fully saturated rings. The minimum Gasteiger partial charge on any atom is -0.267 e. The van der Waals surface area contributed by atoms with E-state index < -0.39 is 0 Å². The Morgan fingerprint density at radius 2 is 1.78 bits per heavy atom. The van der Waals surface area contributed by atoms with Crippen LogP contribution in [-0.2, 0) is 0 Å². The third-order valence-corrected chi connectivity index (χ3v) is 3.51. The molecule has 0 saturated heterocycles. The van der Waals surface area contributed by atoms with Crippen LogP contribution in [0.4, 0.5) is 0 Å². The monoisotopic (exact) mass is 246 g/mol. The lowest BCUT2D eigenvalue weighted by atomic mass is 9.79. The van der Waals surface area contributed by atoms with Crippen LogP contribution in [0.25, 0.3) is 0 Å². The molecule has 2 aliphatic heterocycles. The molecule has 4 nitrogen and oxygen atoms in total. The fourth-order valence-corrected chi connectivity index (χ4v) is 2.19. The topological polar surface area (TPSA) is 49.4 Å². The van der Waals surface area contributed by atoms with E-state index in [9.17, 15) is 0 Å². The van der Waals surface area contributed by atoms with Gasteiger partial charge in [-0.1, -0.05) is 34.6 Å². The van der Waals surface area contributed by atoms with Gasteiger partial charge in [0.05, 0.1) is 12.3 Å². The van der Waals surface area contributed by atoms with Crippen LogP contribution in [0.3, 0.4) is 0 Å². The summed E-state index contributed by atoms with van der Waals surface area (Å²) in [7, 11) is 0. The molecular formula is C14H22N4. The summed E-state index contributed by atoms with van der Waals surface area (Å²) >= 11 is 0. The van der Waals surface area contributed by atoms with Crippen molar-refractivity contribution in [2.75, 3.05) is 6.54 Å². The van der Waals surface area contributed by atoms with Crippen molar-refractivity contribution in [3.05, 3.63) is 0 Å². The maximum atomic E-state index is 4.35. The van der Waals surface area contributed by atoms with Crippen molar-refractivity contribution in [1.82, 2.24) is 0 Å². The quantitative estimate of drug-likeness (QED) is 0.734. The average Bonchev–Trinajstić information content (AvgIpc) is 2.83. The third-order valence-electron chi connectivity index (χ3n) is 3.51. The summed E-state index contributed by atoms with van der Waals surface area (Å²) in [6, 6.07) is 0. The van der Waals surface area contributed by atoms with Gasteiger partial charge in [-0.05, 0) is 6.42 Å². The highest BCUT2D eigenvalue weighted by Crippen LogP contribution is 2.30. The summed E-state index contributed by atoms with van der Waals surface area (Å²) in [6.07, 6.45) is 3.48. The van der Waals surface area contributed by atoms with E-state index >= 15 is 0 Å². The lowest BCUT2D eigenvalue weighted by Gasteiger charge is -2.25. The minimum absolute atomic E-state index is 0.0260. The number of nitrogens with zero attached hydrogens (tertiary/aromatic N) is 4. The van der Waals surface area contributed by atoms with Crippen molar-refractivity contribution in [3.63, 3.8) is 0 Å². The zero-order valence-electron chi connectivity index (χ0n) is 12.0. The van der Waals surface area contributed by atoms with Crippen molar-refractivity contribution in [1.29, 1.82) is 0 Å². The Morgan fingerprint density at radius 3 is 2.28 bits per heavy atom. The first-order valence-electron chi connectivity index (χ1n) is 6.47. The van der Waals surface area contributed by atoms with E-state index in [4.69, 9.17) is 0 Å². The highest BCUT2D eigenvalue weighted by molar-refractivity contribution is 6.11. The molecule has 0 spiro atoms. The maximum absolute atomic E-state index is 4.35. The van der Waals surface area contributed by atoms with Gasteiger partial charge in [-0.2, -0.15) is 10.2 Å². The molecule has 0 unspecified atom stereocenters. The molecule has 2 heterocycles. The Hall–Kier alpha value is -1.32. The van der Waals surface area contributed by atoms with Crippen LogP contribution in [0, 0.1) is 10.8 Å². The molecule has 0 aliphatic carbocycles. The van der Waals surface area contributed by atoms with Gasteiger partial charge in [0.1, 0.15) is 6.34 Å². The smallest absolute Gasteiger partial charge is 0.110 e. The molecule has 18 heavy (non-hydrogen) atoms. The first kappa shape index (κ1) is 13.1. The summed E-state index contributed by atoms with van der Waals surface area (Å²) < 4.78 is 0. The van der Waals surface area contributed by atoms with E-state index in [-0.39, 0.29) is 10.8 Å². The fourth-order valence-electron chi connectivity index (χ4n) is 2.19. The van der Waals surface area contributed by atoms with Crippen LogP contribution in [0.5, 0.6) is 0 Å². The Labute approximate surface area is 109 Å². The lowest BCUT2D eigenvalue weighted by Crippen LogP contribution is -2.29. The highest BCUT2D eigenvalue weighted by atomic mass is 15.2.